The number of hydrogen-bond donors (Lipinski definition) is 0. The first-order chi connectivity index (χ1) is 7.91. The topological polar surface area (TPSA) is 9.23 Å². The van der Waals surface area contributed by atoms with Crippen molar-refractivity contribution in [3.05, 3.63) is 6.92 Å². The highest BCUT2D eigenvalue weighted by Crippen LogP contribution is 2.07. The predicted octanol–water partition coefficient (Wildman–Crippen LogP) is 5.15. The lowest BCUT2D eigenvalue weighted by Crippen LogP contribution is -1.97. The van der Waals surface area contributed by atoms with Crippen LogP contribution in [0.2, 0.25) is 0 Å². The molecule has 0 aliphatic heterocycles. The van der Waals surface area contributed by atoms with Crippen molar-refractivity contribution >= 4 is 0 Å². The molecule has 0 saturated heterocycles. The van der Waals surface area contributed by atoms with Crippen molar-refractivity contribution in [1.29, 1.82) is 0 Å². The molecule has 1 heteroatoms. The molecule has 0 aromatic carbocycles. The summed E-state index contributed by atoms with van der Waals surface area (Å²) in [5.41, 5.74) is 0. The van der Waals surface area contributed by atoms with Crippen molar-refractivity contribution in [2.75, 3.05) is 13.2 Å². The van der Waals surface area contributed by atoms with Gasteiger partial charge in [0.1, 0.15) is 0 Å². The molecule has 0 saturated carbocycles. The maximum absolute atomic E-state index is 5.60. The van der Waals surface area contributed by atoms with Crippen LogP contribution >= 0.6 is 0 Å². The Labute approximate surface area is 103 Å². The molecule has 0 aromatic rings. The summed E-state index contributed by atoms with van der Waals surface area (Å²) in [6.45, 7) is 8.05. The summed E-state index contributed by atoms with van der Waals surface area (Å²) in [5, 5.41) is 0. The van der Waals surface area contributed by atoms with Gasteiger partial charge in [-0.3, -0.25) is 0 Å². The molecule has 0 aromatic heterocycles. The third-order valence-electron chi connectivity index (χ3n) is 2.93. The summed E-state index contributed by atoms with van der Waals surface area (Å²) in [5.74, 6) is 0. The first-order valence-electron chi connectivity index (χ1n) is 7.28. The van der Waals surface area contributed by atoms with E-state index in [1.54, 1.807) is 0 Å². The third kappa shape index (κ3) is 14.0. The van der Waals surface area contributed by atoms with E-state index in [1.165, 1.54) is 64.2 Å². The lowest BCUT2D eigenvalue weighted by molar-refractivity contribution is 0.125. The van der Waals surface area contributed by atoms with E-state index in [9.17, 15) is 0 Å². The Morgan fingerprint density at radius 2 is 1.19 bits per heavy atom. The molecular weight excluding hydrogens is 196 g/mol. The van der Waals surface area contributed by atoms with Gasteiger partial charge in [0.2, 0.25) is 0 Å². The van der Waals surface area contributed by atoms with Crippen molar-refractivity contribution in [1.82, 2.24) is 0 Å². The van der Waals surface area contributed by atoms with Gasteiger partial charge < -0.3 is 4.74 Å². The zero-order valence-electron chi connectivity index (χ0n) is 11.3. The van der Waals surface area contributed by atoms with Gasteiger partial charge in [-0.15, -0.1) is 0 Å². The molecule has 0 spiro atoms. The smallest absolute Gasteiger partial charge is 0.0466 e. The molecule has 0 heterocycles. The van der Waals surface area contributed by atoms with Crippen LogP contribution in [0.1, 0.15) is 77.6 Å². The van der Waals surface area contributed by atoms with E-state index in [1.807, 2.05) is 0 Å². The van der Waals surface area contributed by atoms with Crippen LogP contribution in [0.15, 0.2) is 0 Å². The second-order valence-corrected chi connectivity index (χ2v) is 4.65. The minimum atomic E-state index is 0.974. The molecule has 0 N–H and O–H groups in total. The van der Waals surface area contributed by atoms with E-state index < -0.39 is 0 Å². The fourth-order valence-electron chi connectivity index (χ4n) is 1.82. The van der Waals surface area contributed by atoms with E-state index in [0.29, 0.717) is 0 Å². The minimum Gasteiger partial charge on any atom is -0.381 e. The van der Waals surface area contributed by atoms with Gasteiger partial charge in [0.05, 0.1) is 0 Å². The maximum atomic E-state index is 5.60. The van der Waals surface area contributed by atoms with Crippen LogP contribution in [0.3, 0.4) is 0 Å². The van der Waals surface area contributed by atoms with Crippen LogP contribution in [0, 0.1) is 6.92 Å². The molecule has 0 atom stereocenters. The largest absolute Gasteiger partial charge is 0.381 e. The van der Waals surface area contributed by atoms with Crippen LogP contribution < -0.4 is 0 Å². The Kier molecular flexibility index (Phi) is 14.9. The van der Waals surface area contributed by atoms with Crippen LogP contribution in [0.25, 0.3) is 0 Å². The van der Waals surface area contributed by atoms with Crippen molar-refractivity contribution in [3.63, 3.8) is 0 Å². The average Bonchev–Trinajstić information content (AvgIpc) is 2.31. The number of rotatable bonds is 13. The lowest BCUT2D eigenvalue weighted by Gasteiger charge is -2.04. The molecule has 0 unspecified atom stereocenters. The van der Waals surface area contributed by atoms with Crippen molar-refractivity contribution in [3.8, 4) is 0 Å². The monoisotopic (exact) mass is 227 g/mol. The molecule has 97 valence electrons. The Balaban J connectivity index is 2.83. The summed E-state index contributed by atoms with van der Waals surface area (Å²) < 4.78 is 5.60. The first kappa shape index (κ1) is 16.0. The van der Waals surface area contributed by atoms with E-state index in [-0.39, 0.29) is 0 Å². The normalized spacial score (nSPS) is 10.9. The van der Waals surface area contributed by atoms with Crippen LogP contribution in [-0.4, -0.2) is 13.2 Å². The quantitative estimate of drug-likeness (QED) is 0.395. The zero-order chi connectivity index (χ0) is 11.9. The van der Waals surface area contributed by atoms with Crippen LogP contribution in [0.5, 0.6) is 0 Å². The molecule has 16 heavy (non-hydrogen) atoms. The molecule has 0 aliphatic rings. The molecule has 0 bridgehead atoms. The second kappa shape index (κ2) is 15.0. The highest BCUT2D eigenvalue weighted by molar-refractivity contribution is 4.47. The summed E-state index contributed by atoms with van der Waals surface area (Å²) in [4.78, 5) is 0. The van der Waals surface area contributed by atoms with Crippen molar-refractivity contribution in [2.24, 2.45) is 0 Å². The molecule has 0 fully saturated rings. The predicted molar refractivity (Wildman–Crippen MR) is 72.6 cm³/mol. The highest BCUT2D eigenvalue weighted by atomic mass is 16.5. The van der Waals surface area contributed by atoms with E-state index in [2.05, 4.69) is 13.8 Å². The maximum Gasteiger partial charge on any atom is 0.0466 e. The van der Waals surface area contributed by atoms with Gasteiger partial charge in [0.15, 0.2) is 0 Å². The summed E-state index contributed by atoms with van der Waals surface area (Å²) in [7, 11) is 0. The van der Waals surface area contributed by atoms with Gasteiger partial charge in [-0.1, -0.05) is 71.6 Å². The van der Waals surface area contributed by atoms with Crippen LogP contribution in [0.4, 0.5) is 0 Å². The number of unbranched alkanes of at least 4 members (excludes halogenated alkanes) is 9. The fourth-order valence-corrected chi connectivity index (χ4v) is 1.82. The second-order valence-electron chi connectivity index (χ2n) is 4.65. The zero-order valence-corrected chi connectivity index (χ0v) is 11.3. The van der Waals surface area contributed by atoms with Crippen molar-refractivity contribution in [2.45, 2.75) is 77.6 Å². The molecule has 1 nitrogen and oxygen atoms in total. The SMILES string of the molecule is [CH2]CCCCCCCCOCCCCCC. The van der Waals surface area contributed by atoms with Gasteiger partial charge in [-0.05, 0) is 12.8 Å². The Bertz CT molecular complexity index is 98.0. The van der Waals surface area contributed by atoms with Gasteiger partial charge in [0, 0.05) is 13.2 Å². The van der Waals surface area contributed by atoms with Crippen LogP contribution in [-0.2, 0) is 4.74 Å². The lowest BCUT2D eigenvalue weighted by atomic mass is 10.1. The molecular formula is C15H31O. The fraction of sp³-hybridized carbons (Fsp3) is 0.933. The van der Waals surface area contributed by atoms with Gasteiger partial charge in [0.25, 0.3) is 0 Å². The highest BCUT2D eigenvalue weighted by Gasteiger charge is 1.92. The standard InChI is InChI=1S/C15H31O/c1-3-5-7-9-10-11-13-15-16-14-12-8-6-4-2/h1,3-15H2,2H3. The summed E-state index contributed by atoms with van der Waals surface area (Å²) in [6.07, 6.45) is 14.4. The molecule has 0 aliphatic carbocycles. The molecule has 0 rings (SSSR count). The van der Waals surface area contributed by atoms with E-state index in [4.69, 9.17) is 4.74 Å². The third-order valence-corrected chi connectivity index (χ3v) is 2.93. The van der Waals surface area contributed by atoms with E-state index in [0.717, 1.165) is 19.6 Å². The van der Waals surface area contributed by atoms with Crippen molar-refractivity contribution < 1.29 is 4.74 Å². The first-order valence-corrected chi connectivity index (χ1v) is 7.28. The summed E-state index contributed by atoms with van der Waals surface area (Å²) in [6, 6.07) is 0. The molecule has 0 amide bonds. The van der Waals surface area contributed by atoms with E-state index >= 15 is 0 Å². The average molecular weight is 227 g/mol. The summed E-state index contributed by atoms with van der Waals surface area (Å²) >= 11 is 0. The Morgan fingerprint density at radius 3 is 1.75 bits per heavy atom. The van der Waals surface area contributed by atoms with Gasteiger partial charge in [-0.2, -0.15) is 0 Å². The Morgan fingerprint density at radius 1 is 0.688 bits per heavy atom. The minimum absolute atomic E-state index is 0.974. The Hall–Kier alpha value is -0.0400. The number of hydrogen-bond acceptors (Lipinski definition) is 1. The van der Waals surface area contributed by atoms with Gasteiger partial charge >= 0.3 is 0 Å². The number of ether oxygens (including phenoxy) is 1. The molecule has 1 radical (unpaired) electrons. The van der Waals surface area contributed by atoms with Gasteiger partial charge in [-0.25, -0.2) is 0 Å².